The maximum absolute atomic E-state index is 12.9. The first-order chi connectivity index (χ1) is 8.50. The molecule has 1 aromatic rings. The summed E-state index contributed by atoms with van der Waals surface area (Å²) in [5.74, 6) is 0. The Morgan fingerprint density at radius 3 is 2.78 bits per heavy atom. The SMILES string of the molecule is NC(c1cnccc1C(F)(F)F)C1CCCCO1. The molecular weight excluding hydrogens is 245 g/mol. The molecule has 0 aliphatic carbocycles. The van der Waals surface area contributed by atoms with Crippen LogP contribution in [0.5, 0.6) is 0 Å². The third-order valence-electron chi connectivity index (χ3n) is 3.13. The zero-order valence-corrected chi connectivity index (χ0v) is 9.78. The number of pyridine rings is 1. The molecule has 1 aliphatic rings. The van der Waals surface area contributed by atoms with Gasteiger partial charge in [-0.1, -0.05) is 0 Å². The largest absolute Gasteiger partial charge is 0.416 e. The van der Waals surface area contributed by atoms with Crippen molar-refractivity contribution < 1.29 is 17.9 Å². The maximum atomic E-state index is 12.9. The van der Waals surface area contributed by atoms with Crippen LogP contribution in [0.25, 0.3) is 0 Å². The summed E-state index contributed by atoms with van der Waals surface area (Å²) in [6.45, 7) is 0.556. The van der Waals surface area contributed by atoms with E-state index in [1.807, 2.05) is 0 Å². The zero-order valence-electron chi connectivity index (χ0n) is 9.78. The van der Waals surface area contributed by atoms with Crippen molar-refractivity contribution in [2.75, 3.05) is 6.61 Å². The van der Waals surface area contributed by atoms with Crippen molar-refractivity contribution in [3.05, 3.63) is 29.6 Å². The smallest absolute Gasteiger partial charge is 0.376 e. The standard InChI is InChI=1S/C12H15F3N2O/c13-12(14,15)9-4-5-17-7-8(9)11(16)10-3-1-2-6-18-10/h4-5,7,10-11H,1-3,6,16H2. The molecule has 0 radical (unpaired) electrons. The monoisotopic (exact) mass is 260 g/mol. The second-order valence-corrected chi connectivity index (χ2v) is 4.39. The minimum atomic E-state index is -4.41. The first kappa shape index (κ1) is 13.3. The van der Waals surface area contributed by atoms with Crippen LogP contribution in [-0.4, -0.2) is 17.7 Å². The molecule has 100 valence electrons. The number of aromatic nitrogens is 1. The van der Waals surface area contributed by atoms with Gasteiger partial charge in [-0.3, -0.25) is 4.98 Å². The lowest BCUT2D eigenvalue weighted by Gasteiger charge is -2.29. The van der Waals surface area contributed by atoms with Crippen molar-refractivity contribution in [2.45, 2.75) is 37.6 Å². The molecule has 18 heavy (non-hydrogen) atoms. The summed E-state index contributed by atoms with van der Waals surface area (Å²) in [6.07, 6.45) is 0.0935. The Morgan fingerprint density at radius 1 is 1.39 bits per heavy atom. The number of nitrogens with two attached hydrogens (primary N) is 1. The summed E-state index contributed by atoms with van der Waals surface area (Å²) in [4.78, 5) is 3.74. The van der Waals surface area contributed by atoms with E-state index >= 15 is 0 Å². The van der Waals surface area contributed by atoms with E-state index in [9.17, 15) is 13.2 Å². The van der Waals surface area contributed by atoms with E-state index in [0.717, 1.165) is 25.1 Å². The van der Waals surface area contributed by atoms with Crippen LogP contribution in [0.2, 0.25) is 0 Å². The first-order valence-electron chi connectivity index (χ1n) is 5.88. The number of nitrogens with zero attached hydrogens (tertiary/aromatic N) is 1. The summed E-state index contributed by atoms with van der Waals surface area (Å²) in [7, 11) is 0. The second-order valence-electron chi connectivity index (χ2n) is 4.39. The topological polar surface area (TPSA) is 48.1 Å². The number of halogens is 3. The number of rotatable bonds is 2. The molecule has 2 atom stereocenters. The van der Waals surface area contributed by atoms with Crippen molar-refractivity contribution in [3.63, 3.8) is 0 Å². The molecule has 0 aromatic carbocycles. The van der Waals surface area contributed by atoms with Gasteiger partial charge < -0.3 is 10.5 Å². The van der Waals surface area contributed by atoms with Gasteiger partial charge in [0.25, 0.3) is 0 Å². The van der Waals surface area contributed by atoms with Gasteiger partial charge in [-0.05, 0) is 25.3 Å². The maximum Gasteiger partial charge on any atom is 0.416 e. The molecule has 2 N–H and O–H groups in total. The number of hydrogen-bond acceptors (Lipinski definition) is 3. The molecule has 1 aromatic heterocycles. The lowest BCUT2D eigenvalue weighted by Crippen LogP contribution is -2.33. The minimum absolute atomic E-state index is 0.0110. The summed E-state index contributed by atoms with van der Waals surface area (Å²) < 4.78 is 44.0. The van der Waals surface area contributed by atoms with Gasteiger partial charge in [0, 0.05) is 24.6 Å². The van der Waals surface area contributed by atoms with Crippen LogP contribution in [-0.2, 0) is 10.9 Å². The third kappa shape index (κ3) is 2.81. The van der Waals surface area contributed by atoms with Crippen LogP contribution >= 0.6 is 0 Å². The van der Waals surface area contributed by atoms with E-state index in [-0.39, 0.29) is 11.7 Å². The van der Waals surface area contributed by atoms with Crippen molar-refractivity contribution >= 4 is 0 Å². The van der Waals surface area contributed by atoms with Gasteiger partial charge in [0.1, 0.15) is 0 Å². The van der Waals surface area contributed by atoms with Gasteiger partial charge in [0.2, 0.25) is 0 Å². The van der Waals surface area contributed by atoms with Crippen LogP contribution in [0, 0.1) is 0 Å². The number of ether oxygens (including phenoxy) is 1. The Bertz CT molecular complexity index is 403. The molecule has 1 saturated heterocycles. The Kier molecular flexibility index (Phi) is 3.87. The lowest BCUT2D eigenvalue weighted by atomic mass is 9.94. The quantitative estimate of drug-likeness (QED) is 0.889. The van der Waals surface area contributed by atoms with E-state index in [4.69, 9.17) is 10.5 Å². The van der Waals surface area contributed by atoms with Crippen molar-refractivity contribution in [1.29, 1.82) is 0 Å². The molecule has 0 amide bonds. The van der Waals surface area contributed by atoms with Gasteiger partial charge in [-0.2, -0.15) is 13.2 Å². The van der Waals surface area contributed by atoms with Crippen molar-refractivity contribution in [2.24, 2.45) is 5.73 Å². The predicted octanol–water partition coefficient (Wildman–Crippen LogP) is 2.67. The molecule has 2 rings (SSSR count). The van der Waals surface area contributed by atoms with Crippen LogP contribution in [0.3, 0.4) is 0 Å². The summed E-state index contributed by atoms with van der Waals surface area (Å²) in [6, 6.07) is 0.175. The molecule has 2 unspecified atom stereocenters. The second kappa shape index (κ2) is 5.24. The molecular formula is C12H15F3N2O. The van der Waals surface area contributed by atoms with Gasteiger partial charge in [-0.15, -0.1) is 0 Å². The minimum Gasteiger partial charge on any atom is -0.376 e. The Labute approximate surface area is 103 Å². The van der Waals surface area contributed by atoms with E-state index in [0.29, 0.717) is 13.0 Å². The number of hydrogen-bond donors (Lipinski definition) is 1. The highest BCUT2D eigenvalue weighted by molar-refractivity contribution is 5.29. The summed E-state index contributed by atoms with van der Waals surface area (Å²) in [5, 5.41) is 0. The lowest BCUT2D eigenvalue weighted by molar-refractivity contribution is -0.138. The molecule has 1 aliphatic heterocycles. The fourth-order valence-electron chi connectivity index (χ4n) is 2.18. The highest BCUT2D eigenvalue weighted by Crippen LogP contribution is 2.35. The van der Waals surface area contributed by atoms with E-state index < -0.39 is 17.8 Å². The fraction of sp³-hybridized carbons (Fsp3) is 0.583. The van der Waals surface area contributed by atoms with Gasteiger partial charge in [-0.25, -0.2) is 0 Å². The summed E-state index contributed by atoms with van der Waals surface area (Å²) in [5.41, 5.74) is 5.19. The predicted molar refractivity (Wildman–Crippen MR) is 59.8 cm³/mol. The number of alkyl halides is 3. The highest BCUT2D eigenvalue weighted by Gasteiger charge is 2.36. The summed E-state index contributed by atoms with van der Waals surface area (Å²) >= 11 is 0. The van der Waals surface area contributed by atoms with Crippen molar-refractivity contribution in [1.82, 2.24) is 4.98 Å². The molecule has 6 heteroatoms. The Balaban J connectivity index is 2.26. The van der Waals surface area contributed by atoms with Gasteiger partial charge >= 0.3 is 6.18 Å². The average Bonchev–Trinajstić information content (AvgIpc) is 2.38. The highest BCUT2D eigenvalue weighted by atomic mass is 19.4. The average molecular weight is 260 g/mol. The Morgan fingerprint density at radius 2 is 2.17 bits per heavy atom. The molecule has 0 spiro atoms. The van der Waals surface area contributed by atoms with Gasteiger partial charge in [0.05, 0.1) is 17.7 Å². The van der Waals surface area contributed by atoms with Crippen molar-refractivity contribution in [3.8, 4) is 0 Å². The molecule has 2 heterocycles. The first-order valence-corrected chi connectivity index (χ1v) is 5.88. The van der Waals surface area contributed by atoms with E-state index in [2.05, 4.69) is 4.98 Å². The molecule has 0 bridgehead atoms. The molecule has 1 fully saturated rings. The van der Waals surface area contributed by atoms with E-state index in [1.165, 1.54) is 6.20 Å². The zero-order chi connectivity index (χ0) is 13.2. The van der Waals surface area contributed by atoms with Crippen LogP contribution in [0.15, 0.2) is 18.5 Å². The Hall–Kier alpha value is -1.14. The third-order valence-corrected chi connectivity index (χ3v) is 3.13. The normalized spacial score (nSPS) is 22.8. The molecule has 0 saturated carbocycles. The fourth-order valence-corrected chi connectivity index (χ4v) is 2.18. The van der Waals surface area contributed by atoms with E-state index in [1.54, 1.807) is 0 Å². The van der Waals surface area contributed by atoms with Crippen LogP contribution in [0.1, 0.15) is 36.4 Å². The molecule has 3 nitrogen and oxygen atoms in total. The van der Waals surface area contributed by atoms with Crippen LogP contribution in [0.4, 0.5) is 13.2 Å². The van der Waals surface area contributed by atoms with Gasteiger partial charge in [0.15, 0.2) is 0 Å². The van der Waals surface area contributed by atoms with Crippen LogP contribution < -0.4 is 5.73 Å².